The maximum Gasteiger partial charge on any atom is 0.309 e. The number of phenolic OH excluding ortho intramolecular Hbond substituents is 1. The van der Waals surface area contributed by atoms with Gasteiger partial charge >= 0.3 is 5.97 Å². The van der Waals surface area contributed by atoms with Crippen molar-refractivity contribution in [2.24, 2.45) is 0 Å². The molecule has 0 saturated heterocycles. The van der Waals surface area contributed by atoms with Gasteiger partial charge in [-0.3, -0.25) is 14.6 Å². The van der Waals surface area contributed by atoms with Crippen molar-refractivity contribution in [2.45, 2.75) is 13.3 Å². The van der Waals surface area contributed by atoms with E-state index in [1.165, 1.54) is 18.3 Å². The lowest BCUT2D eigenvalue weighted by Gasteiger charge is -2.07. The number of aromatic hydroxyl groups is 1. The quantitative estimate of drug-likeness (QED) is 0.798. The van der Waals surface area contributed by atoms with Crippen molar-refractivity contribution in [2.75, 3.05) is 5.32 Å². The molecule has 0 spiro atoms. The van der Waals surface area contributed by atoms with Gasteiger partial charge in [0.1, 0.15) is 5.75 Å². The summed E-state index contributed by atoms with van der Waals surface area (Å²) in [5, 5.41) is 20.7. The summed E-state index contributed by atoms with van der Waals surface area (Å²) < 4.78 is 0. The highest BCUT2D eigenvalue weighted by Crippen LogP contribution is 2.18. The molecule has 1 aromatic carbocycles. The molecule has 1 heterocycles. The van der Waals surface area contributed by atoms with E-state index >= 15 is 0 Å². The van der Waals surface area contributed by atoms with Gasteiger partial charge in [-0.2, -0.15) is 0 Å². The Morgan fingerprint density at radius 3 is 2.57 bits per heavy atom. The van der Waals surface area contributed by atoms with E-state index in [1.807, 2.05) is 0 Å². The highest BCUT2D eigenvalue weighted by molar-refractivity contribution is 6.04. The summed E-state index contributed by atoms with van der Waals surface area (Å²) in [4.78, 5) is 26.5. The molecule has 2 aromatic rings. The van der Waals surface area contributed by atoms with E-state index in [0.29, 0.717) is 22.5 Å². The Morgan fingerprint density at radius 2 is 2.00 bits per heavy atom. The van der Waals surface area contributed by atoms with E-state index in [9.17, 15) is 14.7 Å². The first-order chi connectivity index (χ1) is 9.95. The number of aryl methyl sites for hydroxylation is 1. The van der Waals surface area contributed by atoms with Gasteiger partial charge in [-0.15, -0.1) is 0 Å². The first-order valence-electron chi connectivity index (χ1n) is 6.23. The van der Waals surface area contributed by atoms with Gasteiger partial charge in [-0.25, -0.2) is 0 Å². The molecule has 0 radical (unpaired) electrons. The van der Waals surface area contributed by atoms with Crippen LogP contribution in [0.15, 0.2) is 36.5 Å². The highest BCUT2D eigenvalue weighted by atomic mass is 16.4. The predicted molar refractivity (Wildman–Crippen MR) is 76.4 cm³/mol. The van der Waals surface area contributed by atoms with Crippen LogP contribution in [0.1, 0.15) is 21.6 Å². The maximum atomic E-state index is 12.0. The van der Waals surface area contributed by atoms with Gasteiger partial charge in [0.05, 0.1) is 24.0 Å². The van der Waals surface area contributed by atoms with Crippen LogP contribution in [-0.2, 0) is 11.2 Å². The Labute approximate surface area is 121 Å². The number of hydrogen-bond acceptors (Lipinski definition) is 4. The van der Waals surface area contributed by atoms with Crippen molar-refractivity contribution in [3.8, 4) is 5.75 Å². The van der Waals surface area contributed by atoms with Crippen LogP contribution in [0.4, 0.5) is 5.69 Å². The molecule has 0 saturated carbocycles. The predicted octanol–water partition coefficient (Wildman–Crippen LogP) is 1.98. The van der Waals surface area contributed by atoms with E-state index < -0.39 is 5.97 Å². The molecule has 2 rings (SSSR count). The fourth-order valence-electron chi connectivity index (χ4n) is 1.76. The van der Waals surface area contributed by atoms with Crippen LogP contribution in [0.25, 0.3) is 0 Å². The number of phenols is 1. The van der Waals surface area contributed by atoms with Crippen molar-refractivity contribution in [1.29, 1.82) is 0 Å². The minimum atomic E-state index is -0.959. The van der Waals surface area contributed by atoms with Gasteiger partial charge in [0, 0.05) is 5.56 Å². The van der Waals surface area contributed by atoms with Crippen molar-refractivity contribution in [3.05, 3.63) is 53.3 Å². The number of nitrogens with zero attached hydrogens (tertiary/aromatic N) is 1. The summed E-state index contributed by atoms with van der Waals surface area (Å²) in [5.74, 6) is -1.16. The molecule has 3 N–H and O–H groups in total. The van der Waals surface area contributed by atoms with Crippen LogP contribution < -0.4 is 5.32 Å². The van der Waals surface area contributed by atoms with Crippen LogP contribution in [0.3, 0.4) is 0 Å². The largest absolute Gasteiger partial charge is 0.508 e. The van der Waals surface area contributed by atoms with Gasteiger partial charge in [0.15, 0.2) is 0 Å². The maximum absolute atomic E-state index is 12.0. The number of carboxylic acid groups (broad SMARTS) is 1. The standard InChI is InChI=1S/C15H14N2O4/c1-9-6-10(2-5-13(9)18)15(21)17-12-4-3-11(16-8-12)7-14(19)20/h2-6,8,18H,7H2,1H3,(H,17,21)(H,19,20). The molecule has 1 aromatic heterocycles. The molecular formula is C15H14N2O4. The lowest BCUT2D eigenvalue weighted by molar-refractivity contribution is -0.136. The third-order valence-corrected chi connectivity index (χ3v) is 2.87. The number of carboxylic acids is 1. The van der Waals surface area contributed by atoms with Gasteiger partial charge in [0.25, 0.3) is 5.91 Å². The van der Waals surface area contributed by atoms with Crippen LogP contribution >= 0.6 is 0 Å². The summed E-state index contributed by atoms with van der Waals surface area (Å²) in [7, 11) is 0. The molecule has 108 valence electrons. The summed E-state index contributed by atoms with van der Waals surface area (Å²) in [6.45, 7) is 1.70. The van der Waals surface area contributed by atoms with E-state index in [0.717, 1.165) is 0 Å². The second-order valence-corrected chi connectivity index (χ2v) is 4.56. The van der Waals surface area contributed by atoms with Crippen LogP contribution in [0.5, 0.6) is 5.75 Å². The number of nitrogens with one attached hydrogen (secondary N) is 1. The summed E-state index contributed by atoms with van der Waals surface area (Å²) >= 11 is 0. The Balaban J connectivity index is 2.08. The van der Waals surface area contributed by atoms with Crippen LogP contribution in [0.2, 0.25) is 0 Å². The molecule has 1 amide bonds. The Bertz CT molecular complexity index is 681. The molecule has 6 nitrogen and oxygen atoms in total. The number of carbonyl (C=O) groups is 2. The second kappa shape index (κ2) is 6.04. The Kier molecular flexibility index (Phi) is 4.18. The normalized spacial score (nSPS) is 10.1. The fraction of sp³-hybridized carbons (Fsp3) is 0.133. The number of aliphatic carboxylic acids is 1. The van der Waals surface area contributed by atoms with E-state index in [1.54, 1.807) is 25.1 Å². The molecular weight excluding hydrogens is 272 g/mol. The van der Waals surface area contributed by atoms with Gasteiger partial charge in [0.2, 0.25) is 0 Å². The molecule has 0 aliphatic rings. The number of pyridine rings is 1. The average Bonchev–Trinajstić information content (AvgIpc) is 2.43. The number of rotatable bonds is 4. The van der Waals surface area contributed by atoms with Crippen LogP contribution in [0, 0.1) is 6.92 Å². The number of anilines is 1. The molecule has 0 aliphatic heterocycles. The van der Waals surface area contributed by atoms with Crippen molar-refractivity contribution in [3.63, 3.8) is 0 Å². The lowest BCUT2D eigenvalue weighted by Crippen LogP contribution is -2.12. The number of carbonyl (C=O) groups excluding carboxylic acids is 1. The van der Waals surface area contributed by atoms with Gasteiger partial charge in [-0.05, 0) is 42.8 Å². The summed E-state index contributed by atoms with van der Waals surface area (Å²) in [5.41, 5.74) is 1.92. The first kappa shape index (κ1) is 14.5. The smallest absolute Gasteiger partial charge is 0.309 e. The topological polar surface area (TPSA) is 99.5 Å². The van der Waals surface area contributed by atoms with Crippen LogP contribution in [-0.4, -0.2) is 27.1 Å². The zero-order chi connectivity index (χ0) is 15.4. The third-order valence-electron chi connectivity index (χ3n) is 2.87. The zero-order valence-corrected chi connectivity index (χ0v) is 11.3. The van der Waals surface area contributed by atoms with Crippen molar-refractivity contribution < 1.29 is 19.8 Å². The van der Waals surface area contributed by atoms with Gasteiger partial charge in [-0.1, -0.05) is 0 Å². The van der Waals surface area contributed by atoms with E-state index in [2.05, 4.69) is 10.3 Å². The first-order valence-corrected chi connectivity index (χ1v) is 6.23. The second-order valence-electron chi connectivity index (χ2n) is 4.56. The lowest BCUT2D eigenvalue weighted by atomic mass is 10.1. The summed E-state index contributed by atoms with van der Waals surface area (Å²) in [6, 6.07) is 7.70. The molecule has 0 bridgehead atoms. The zero-order valence-electron chi connectivity index (χ0n) is 11.3. The number of amides is 1. The highest BCUT2D eigenvalue weighted by Gasteiger charge is 2.08. The van der Waals surface area contributed by atoms with Crippen molar-refractivity contribution >= 4 is 17.6 Å². The number of hydrogen-bond donors (Lipinski definition) is 3. The molecule has 21 heavy (non-hydrogen) atoms. The Hall–Kier alpha value is -2.89. The molecule has 0 fully saturated rings. The summed E-state index contributed by atoms with van der Waals surface area (Å²) in [6.07, 6.45) is 1.24. The van der Waals surface area contributed by atoms with E-state index in [-0.39, 0.29) is 18.1 Å². The van der Waals surface area contributed by atoms with E-state index in [4.69, 9.17) is 5.11 Å². The van der Waals surface area contributed by atoms with Gasteiger partial charge < -0.3 is 15.5 Å². The monoisotopic (exact) mass is 286 g/mol. The van der Waals surface area contributed by atoms with Crippen molar-refractivity contribution in [1.82, 2.24) is 4.98 Å². The molecule has 0 aliphatic carbocycles. The minimum Gasteiger partial charge on any atom is -0.508 e. The fourth-order valence-corrected chi connectivity index (χ4v) is 1.76. The number of aromatic nitrogens is 1. The average molecular weight is 286 g/mol. The third kappa shape index (κ3) is 3.79. The molecule has 6 heteroatoms. The molecule has 0 unspecified atom stereocenters. The number of benzene rings is 1. The SMILES string of the molecule is Cc1cc(C(=O)Nc2ccc(CC(=O)O)nc2)ccc1O. The Morgan fingerprint density at radius 1 is 1.24 bits per heavy atom. The minimum absolute atomic E-state index is 0.131. The molecule has 0 atom stereocenters.